The standard InChI is InChI=1S/C5H12N2.2CH3.V/c1-7-4-2-6-3-5-7;;;/h6H,2-5H2,1H3;2*1H3;/q;2*-1;+2. The van der Waals surface area contributed by atoms with Crippen LogP contribution in [0.5, 0.6) is 0 Å². The molecule has 0 spiro atoms. The molecule has 0 atom stereocenters. The third-order valence-corrected chi connectivity index (χ3v) is 1.34. The molecule has 1 rings (SSSR count). The SMILES string of the molecule is CN1CCNCC1.[CH3-].[CH3-].[V+2]. The average Bonchev–Trinajstić information content (AvgIpc) is 1.69. The molecule has 1 radical (unpaired) electrons. The first kappa shape index (κ1) is 16.8. The van der Waals surface area contributed by atoms with Crippen LogP contribution in [0, 0.1) is 14.9 Å². The molecule has 1 aliphatic heterocycles. The van der Waals surface area contributed by atoms with Crippen molar-refractivity contribution >= 4 is 0 Å². The first-order valence-electron chi connectivity index (χ1n) is 2.79. The van der Waals surface area contributed by atoms with Gasteiger partial charge in [0.2, 0.25) is 0 Å². The van der Waals surface area contributed by atoms with Gasteiger partial charge in [0, 0.05) is 26.2 Å². The van der Waals surface area contributed by atoms with Crippen LogP contribution in [-0.4, -0.2) is 38.1 Å². The van der Waals surface area contributed by atoms with E-state index in [1.165, 1.54) is 13.1 Å². The average molecular weight is 181 g/mol. The Kier molecular flexibility index (Phi) is 16.0. The van der Waals surface area contributed by atoms with Crippen molar-refractivity contribution in [2.75, 3.05) is 33.2 Å². The molecule has 0 aliphatic carbocycles. The second-order valence-corrected chi connectivity index (χ2v) is 2.05. The van der Waals surface area contributed by atoms with Crippen LogP contribution in [0.1, 0.15) is 0 Å². The van der Waals surface area contributed by atoms with Crippen molar-refractivity contribution in [3.63, 3.8) is 0 Å². The zero-order chi connectivity index (χ0) is 5.11. The minimum absolute atomic E-state index is 0. The molecule has 0 saturated carbocycles. The van der Waals surface area contributed by atoms with Gasteiger partial charge in [-0.05, 0) is 7.05 Å². The molecule has 0 aromatic heterocycles. The molecule has 1 saturated heterocycles. The summed E-state index contributed by atoms with van der Waals surface area (Å²) in [6, 6.07) is 0. The first-order valence-corrected chi connectivity index (χ1v) is 2.79. The maximum Gasteiger partial charge on any atom is 2.00 e. The molecule has 61 valence electrons. The zero-order valence-corrected chi connectivity index (χ0v) is 8.62. The van der Waals surface area contributed by atoms with Crippen LogP contribution in [-0.2, 0) is 18.6 Å². The number of nitrogens with one attached hydrogen (secondary N) is 1. The summed E-state index contributed by atoms with van der Waals surface area (Å²) in [6.07, 6.45) is 0. The van der Waals surface area contributed by atoms with Gasteiger partial charge in [0.05, 0.1) is 0 Å². The summed E-state index contributed by atoms with van der Waals surface area (Å²) >= 11 is 0. The summed E-state index contributed by atoms with van der Waals surface area (Å²) in [4.78, 5) is 2.33. The summed E-state index contributed by atoms with van der Waals surface area (Å²) in [6.45, 7) is 4.74. The van der Waals surface area contributed by atoms with Crippen molar-refractivity contribution in [3.8, 4) is 0 Å². The number of rotatable bonds is 0. The summed E-state index contributed by atoms with van der Waals surface area (Å²) in [5.74, 6) is 0. The van der Waals surface area contributed by atoms with Gasteiger partial charge >= 0.3 is 18.6 Å². The fourth-order valence-electron chi connectivity index (χ4n) is 0.777. The predicted octanol–water partition coefficient (Wildman–Crippen LogP) is 0.419. The molecule has 1 fully saturated rings. The van der Waals surface area contributed by atoms with Gasteiger partial charge in [-0.1, -0.05) is 0 Å². The Morgan fingerprint density at radius 2 is 1.50 bits per heavy atom. The number of piperazine rings is 1. The minimum Gasteiger partial charge on any atom is -0.358 e. The van der Waals surface area contributed by atoms with Crippen LogP contribution in [0.25, 0.3) is 0 Å². The van der Waals surface area contributed by atoms with Crippen LogP contribution in [0.15, 0.2) is 0 Å². The Balaban J connectivity index is -0.000000163. The maximum atomic E-state index is 3.27. The van der Waals surface area contributed by atoms with Gasteiger partial charge in [-0.3, -0.25) is 0 Å². The molecule has 0 amide bonds. The van der Waals surface area contributed by atoms with Crippen LogP contribution in [0.4, 0.5) is 0 Å². The van der Waals surface area contributed by atoms with Gasteiger partial charge in [0.1, 0.15) is 0 Å². The topological polar surface area (TPSA) is 15.3 Å². The minimum atomic E-state index is 0. The molecule has 1 N–H and O–H groups in total. The molecule has 3 heteroatoms. The Bertz CT molecular complexity index is 53.6. The molecule has 0 aromatic rings. The molecule has 10 heavy (non-hydrogen) atoms. The van der Waals surface area contributed by atoms with Crippen molar-refractivity contribution < 1.29 is 18.6 Å². The summed E-state index contributed by atoms with van der Waals surface area (Å²) in [5.41, 5.74) is 0. The quantitative estimate of drug-likeness (QED) is 0.545. The van der Waals surface area contributed by atoms with E-state index in [0.29, 0.717) is 0 Å². The number of hydrogen-bond acceptors (Lipinski definition) is 2. The van der Waals surface area contributed by atoms with E-state index in [0.717, 1.165) is 13.1 Å². The predicted molar refractivity (Wildman–Crippen MR) is 43.2 cm³/mol. The fraction of sp³-hybridized carbons (Fsp3) is 0.714. The Morgan fingerprint density at radius 1 is 1.10 bits per heavy atom. The van der Waals surface area contributed by atoms with Crippen LogP contribution >= 0.6 is 0 Å². The van der Waals surface area contributed by atoms with Crippen LogP contribution in [0.2, 0.25) is 0 Å². The van der Waals surface area contributed by atoms with E-state index < -0.39 is 0 Å². The smallest absolute Gasteiger partial charge is 0.358 e. The van der Waals surface area contributed by atoms with Gasteiger partial charge < -0.3 is 25.1 Å². The summed E-state index contributed by atoms with van der Waals surface area (Å²) < 4.78 is 0. The second kappa shape index (κ2) is 9.50. The summed E-state index contributed by atoms with van der Waals surface area (Å²) in [5, 5.41) is 3.27. The third kappa shape index (κ3) is 6.62. The van der Waals surface area contributed by atoms with E-state index in [2.05, 4.69) is 17.3 Å². The number of hydrogen-bond donors (Lipinski definition) is 1. The van der Waals surface area contributed by atoms with E-state index in [4.69, 9.17) is 0 Å². The van der Waals surface area contributed by atoms with E-state index in [9.17, 15) is 0 Å². The molecule has 0 unspecified atom stereocenters. The Hall–Kier alpha value is 0.504. The molecule has 1 heterocycles. The van der Waals surface area contributed by atoms with E-state index in [1.54, 1.807) is 0 Å². The number of likely N-dealkylation sites (N-methyl/N-ethyl adjacent to an activating group) is 1. The largest absolute Gasteiger partial charge is 2.00 e. The van der Waals surface area contributed by atoms with Gasteiger partial charge in [0.25, 0.3) is 0 Å². The van der Waals surface area contributed by atoms with E-state index >= 15 is 0 Å². The van der Waals surface area contributed by atoms with Gasteiger partial charge in [-0.15, -0.1) is 0 Å². The number of nitrogens with zero attached hydrogens (tertiary/aromatic N) is 1. The van der Waals surface area contributed by atoms with E-state index in [-0.39, 0.29) is 33.4 Å². The van der Waals surface area contributed by atoms with Crippen LogP contribution < -0.4 is 5.32 Å². The fourth-order valence-corrected chi connectivity index (χ4v) is 0.777. The molecule has 2 nitrogen and oxygen atoms in total. The van der Waals surface area contributed by atoms with Crippen molar-refractivity contribution in [2.24, 2.45) is 0 Å². The van der Waals surface area contributed by atoms with Crippen molar-refractivity contribution in [1.29, 1.82) is 0 Å². The molecule has 0 bridgehead atoms. The summed E-state index contributed by atoms with van der Waals surface area (Å²) in [7, 11) is 2.15. The van der Waals surface area contributed by atoms with Gasteiger partial charge in [0.15, 0.2) is 0 Å². The Morgan fingerprint density at radius 3 is 1.70 bits per heavy atom. The van der Waals surface area contributed by atoms with Crippen molar-refractivity contribution in [2.45, 2.75) is 0 Å². The van der Waals surface area contributed by atoms with Gasteiger partial charge in [-0.2, -0.15) is 0 Å². The van der Waals surface area contributed by atoms with Crippen LogP contribution in [0.3, 0.4) is 0 Å². The molecular formula is C7H18N2V. The third-order valence-electron chi connectivity index (χ3n) is 1.34. The van der Waals surface area contributed by atoms with Crippen molar-refractivity contribution in [1.82, 2.24) is 10.2 Å². The molecule has 0 aromatic carbocycles. The maximum absolute atomic E-state index is 3.27. The van der Waals surface area contributed by atoms with Gasteiger partial charge in [-0.25, -0.2) is 0 Å². The zero-order valence-electron chi connectivity index (χ0n) is 7.22. The monoisotopic (exact) mass is 181 g/mol. The Labute approximate surface area is 77.3 Å². The van der Waals surface area contributed by atoms with Crippen molar-refractivity contribution in [3.05, 3.63) is 14.9 Å². The first-order chi connectivity index (χ1) is 3.39. The normalized spacial score (nSPS) is 17.7. The molecular weight excluding hydrogens is 163 g/mol. The van der Waals surface area contributed by atoms with E-state index in [1.807, 2.05) is 0 Å². The second-order valence-electron chi connectivity index (χ2n) is 2.05. The molecule has 1 aliphatic rings.